The summed E-state index contributed by atoms with van der Waals surface area (Å²) < 4.78 is 75.0. The maximum Gasteiger partial charge on any atom is 0.796 e. The molecule has 14 heteroatoms. The van der Waals surface area contributed by atoms with Crippen LogP contribution in [0.5, 0.6) is 11.5 Å². The first-order valence-corrected chi connectivity index (χ1v) is 8.52. The van der Waals surface area contributed by atoms with E-state index in [9.17, 15) is 31.6 Å². The first-order chi connectivity index (χ1) is 14.5. The molecule has 0 aliphatic carbocycles. The number of ketones is 1. The SMILES string of the molecule is Cc1cc(OB(F)F)c(C(=O)/C=C/C=C2\O[B-](F)(F)Oc3cc(C)oc(=O)c32)c(=O)o1. The van der Waals surface area contributed by atoms with Gasteiger partial charge in [-0.3, -0.25) is 4.79 Å². The number of carbonyl (C=O) groups excluding carboxylic acids is 1. The number of carbonyl (C=O) groups is 1. The molecular formula is C17H11B2F4O8-. The van der Waals surface area contributed by atoms with Crippen molar-refractivity contribution in [3.8, 4) is 11.5 Å². The van der Waals surface area contributed by atoms with Gasteiger partial charge in [0.05, 0.1) is 11.5 Å². The van der Waals surface area contributed by atoms with Crippen molar-refractivity contribution in [1.82, 2.24) is 0 Å². The van der Waals surface area contributed by atoms with Crippen LogP contribution in [0.2, 0.25) is 0 Å². The minimum Gasteiger partial charge on any atom is -0.627 e. The van der Waals surface area contributed by atoms with E-state index >= 15 is 0 Å². The van der Waals surface area contributed by atoms with Gasteiger partial charge in [0.15, 0.2) is 5.78 Å². The molecule has 0 atom stereocenters. The molecule has 2 aromatic rings. The van der Waals surface area contributed by atoms with E-state index in [1.165, 1.54) is 13.8 Å². The van der Waals surface area contributed by atoms with Crippen LogP contribution in [0.15, 0.2) is 48.8 Å². The molecule has 1 aliphatic heterocycles. The summed E-state index contributed by atoms with van der Waals surface area (Å²) in [6.07, 6.45) is 2.38. The Bertz CT molecular complexity index is 1220. The van der Waals surface area contributed by atoms with Crippen LogP contribution in [0.4, 0.5) is 17.3 Å². The monoisotopic (exact) mass is 441 g/mol. The summed E-state index contributed by atoms with van der Waals surface area (Å²) in [5, 5.41) is 0. The average Bonchev–Trinajstić information content (AvgIpc) is 2.58. The highest BCUT2D eigenvalue weighted by Gasteiger charge is 2.40. The lowest BCUT2D eigenvalue weighted by atomic mass is 10.1. The Kier molecular flexibility index (Phi) is 5.82. The third-order valence-electron chi connectivity index (χ3n) is 3.81. The van der Waals surface area contributed by atoms with E-state index in [2.05, 4.69) is 14.0 Å². The van der Waals surface area contributed by atoms with Gasteiger partial charge in [0.2, 0.25) is 0 Å². The van der Waals surface area contributed by atoms with Gasteiger partial charge in [-0.15, -0.1) is 0 Å². The number of hydrogen-bond donors (Lipinski definition) is 0. The highest BCUT2D eigenvalue weighted by Crippen LogP contribution is 2.35. The number of aryl methyl sites for hydroxylation is 2. The third-order valence-corrected chi connectivity index (χ3v) is 3.81. The van der Waals surface area contributed by atoms with E-state index in [0.717, 1.165) is 24.3 Å². The summed E-state index contributed by atoms with van der Waals surface area (Å²) in [7, 11) is -8.14. The molecule has 0 unspecified atom stereocenters. The van der Waals surface area contributed by atoms with Crippen molar-refractivity contribution in [2.24, 2.45) is 0 Å². The summed E-state index contributed by atoms with van der Waals surface area (Å²) in [6, 6.07) is 1.98. The van der Waals surface area contributed by atoms with E-state index in [0.29, 0.717) is 6.08 Å². The topological polar surface area (TPSA) is 105 Å². The predicted molar refractivity (Wildman–Crippen MR) is 99.2 cm³/mol. The Morgan fingerprint density at radius 1 is 1.06 bits per heavy atom. The van der Waals surface area contributed by atoms with Gasteiger partial charge < -0.3 is 31.4 Å². The average molecular weight is 441 g/mol. The van der Waals surface area contributed by atoms with Crippen molar-refractivity contribution >= 4 is 26.1 Å². The van der Waals surface area contributed by atoms with Crippen molar-refractivity contribution in [2.45, 2.75) is 13.8 Å². The zero-order valence-electron chi connectivity index (χ0n) is 15.8. The van der Waals surface area contributed by atoms with Crippen LogP contribution >= 0.6 is 0 Å². The van der Waals surface area contributed by atoms with Crippen LogP contribution in [-0.4, -0.2) is 20.4 Å². The fraction of sp³-hybridized carbons (Fsp3) is 0.118. The molecule has 8 nitrogen and oxygen atoms in total. The minimum absolute atomic E-state index is 0.0139. The van der Waals surface area contributed by atoms with E-state index in [1.807, 2.05) is 0 Å². The van der Waals surface area contributed by atoms with Crippen molar-refractivity contribution < 1.29 is 44.9 Å². The molecule has 31 heavy (non-hydrogen) atoms. The normalized spacial score (nSPS) is 15.9. The molecule has 0 fully saturated rings. The van der Waals surface area contributed by atoms with Crippen LogP contribution in [-0.2, 0) is 4.65 Å². The molecule has 0 amide bonds. The van der Waals surface area contributed by atoms with Crippen molar-refractivity contribution in [2.75, 3.05) is 0 Å². The highest BCUT2D eigenvalue weighted by atomic mass is 19.3. The summed E-state index contributed by atoms with van der Waals surface area (Å²) >= 11 is 0. The van der Waals surface area contributed by atoms with Crippen LogP contribution in [0, 0.1) is 13.8 Å². The lowest BCUT2D eigenvalue weighted by Crippen LogP contribution is -2.40. The summed E-state index contributed by atoms with van der Waals surface area (Å²) in [4.78, 5) is 36.2. The van der Waals surface area contributed by atoms with Crippen molar-refractivity contribution in [3.63, 3.8) is 0 Å². The molecular weight excluding hydrogens is 430 g/mol. The molecule has 162 valence electrons. The number of halogens is 4. The largest absolute Gasteiger partial charge is 0.796 e. The fourth-order valence-electron chi connectivity index (χ4n) is 2.70. The molecule has 3 rings (SSSR count). The summed E-state index contributed by atoms with van der Waals surface area (Å²) in [5.74, 6) is -3.06. The number of fused-ring (bicyclic) bond motifs is 1. The highest BCUT2D eigenvalue weighted by molar-refractivity contribution is 6.54. The van der Waals surface area contributed by atoms with Crippen molar-refractivity contribution in [3.05, 3.63) is 73.8 Å². The first-order valence-electron chi connectivity index (χ1n) is 8.52. The molecule has 0 bridgehead atoms. The number of hydrogen-bond acceptors (Lipinski definition) is 8. The molecule has 0 spiro atoms. The van der Waals surface area contributed by atoms with E-state index in [1.54, 1.807) is 0 Å². The predicted octanol–water partition coefficient (Wildman–Crippen LogP) is 3.08. The van der Waals surface area contributed by atoms with Gasteiger partial charge in [-0.1, -0.05) is 6.08 Å². The second kappa shape index (κ2) is 8.20. The van der Waals surface area contributed by atoms with Gasteiger partial charge in [-0.05, 0) is 26.0 Å². The molecule has 0 N–H and O–H groups in total. The maximum absolute atomic E-state index is 13.7. The van der Waals surface area contributed by atoms with Gasteiger partial charge in [0, 0.05) is 12.1 Å². The Labute approximate surface area is 171 Å². The molecule has 0 radical (unpaired) electrons. The lowest BCUT2D eigenvalue weighted by Gasteiger charge is -2.35. The zero-order chi connectivity index (χ0) is 22.9. The quantitative estimate of drug-likeness (QED) is 0.302. The Morgan fingerprint density at radius 2 is 1.71 bits per heavy atom. The maximum atomic E-state index is 13.7. The fourth-order valence-corrected chi connectivity index (χ4v) is 2.70. The van der Waals surface area contributed by atoms with Gasteiger partial charge >= 0.3 is 25.8 Å². The van der Waals surface area contributed by atoms with E-state index in [4.69, 9.17) is 8.83 Å². The smallest absolute Gasteiger partial charge is 0.627 e. The molecule has 0 aromatic carbocycles. The van der Waals surface area contributed by atoms with Gasteiger partial charge in [0.25, 0.3) is 0 Å². The van der Waals surface area contributed by atoms with Crippen LogP contribution in [0.25, 0.3) is 5.76 Å². The van der Waals surface area contributed by atoms with Crippen LogP contribution in [0.1, 0.15) is 27.4 Å². The Balaban J connectivity index is 1.98. The number of rotatable bonds is 5. The second-order valence-corrected chi connectivity index (χ2v) is 6.17. The van der Waals surface area contributed by atoms with Gasteiger partial charge in [-0.25, -0.2) is 18.2 Å². The van der Waals surface area contributed by atoms with Gasteiger partial charge in [-0.2, -0.15) is 0 Å². The summed E-state index contributed by atoms with van der Waals surface area (Å²) in [5.41, 5.74) is -3.55. The number of allylic oxidation sites excluding steroid dienone is 3. The Hall–Kier alpha value is -3.70. The molecule has 3 heterocycles. The second-order valence-electron chi connectivity index (χ2n) is 6.17. The molecule has 2 aromatic heterocycles. The van der Waals surface area contributed by atoms with E-state index in [-0.39, 0.29) is 11.5 Å². The molecule has 0 saturated carbocycles. The van der Waals surface area contributed by atoms with E-state index < -0.39 is 60.0 Å². The standard InChI is InChI=1S/C17H11B2F4O8/c1-8-6-12(29-18(20)21)14(16(25)27-8)10(24)4-3-5-11-15-13(31-19(22,23)30-11)7-9(2)28-17(15)26/h3-7H,1-2H3/q-1/b4-3+,11-5-. The van der Waals surface area contributed by atoms with Crippen LogP contribution < -0.4 is 20.6 Å². The van der Waals surface area contributed by atoms with Crippen molar-refractivity contribution in [1.29, 1.82) is 0 Å². The minimum atomic E-state index is -4.82. The lowest BCUT2D eigenvalue weighted by molar-refractivity contribution is 0.104. The zero-order valence-corrected chi connectivity index (χ0v) is 15.8. The molecule has 1 aliphatic rings. The summed E-state index contributed by atoms with van der Waals surface area (Å²) in [6.45, 7) is 2.63. The Morgan fingerprint density at radius 3 is 2.39 bits per heavy atom. The first kappa shape index (κ1) is 22.0. The third kappa shape index (κ3) is 4.90. The molecule has 0 saturated heterocycles. The van der Waals surface area contributed by atoms with Gasteiger partial charge in [0.1, 0.15) is 28.4 Å². The van der Waals surface area contributed by atoms with Crippen LogP contribution in [0.3, 0.4) is 0 Å².